The van der Waals surface area contributed by atoms with E-state index in [1.165, 1.54) is 0 Å². The molecule has 6 heteroatoms. The van der Waals surface area contributed by atoms with E-state index in [4.69, 9.17) is 9.47 Å². The van der Waals surface area contributed by atoms with Gasteiger partial charge in [-0.3, -0.25) is 0 Å². The van der Waals surface area contributed by atoms with Crippen molar-refractivity contribution in [1.82, 2.24) is 4.72 Å². The van der Waals surface area contributed by atoms with Crippen LogP contribution in [0.5, 0.6) is 11.5 Å². The molecule has 0 aliphatic heterocycles. The summed E-state index contributed by atoms with van der Waals surface area (Å²) in [6, 6.07) is 10.1. The van der Waals surface area contributed by atoms with Crippen LogP contribution in [-0.4, -0.2) is 22.6 Å². The zero-order valence-electron chi connectivity index (χ0n) is 16.0. The lowest BCUT2D eigenvalue weighted by molar-refractivity contribution is 0.377. The number of fused-ring (bicyclic) bond motifs is 1. The molecule has 0 unspecified atom stereocenters. The Balaban J connectivity index is 2.09. The number of nitrogens with one attached hydrogen (secondary N) is 1. The van der Waals surface area contributed by atoms with Gasteiger partial charge in [0.2, 0.25) is 10.0 Å². The van der Waals surface area contributed by atoms with Crippen LogP contribution in [0.25, 0.3) is 6.08 Å². The molecule has 0 aromatic heterocycles. The van der Waals surface area contributed by atoms with Crippen LogP contribution in [0.3, 0.4) is 0 Å². The third kappa shape index (κ3) is 3.73. The van der Waals surface area contributed by atoms with Gasteiger partial charge in [-0.25, -0.2) is 13.1 Å². The highest BCUT2D eigenvalue weighted by Gasteiger charge is 2.33. The number of rotatable bonds is 6. The van der Waals surface area contributed by atoms with Gasteiger partial charge in [0.25, 0.3) is 0 Å². The molecule has 27 heavy (non-hydrogen) atoms. The van der Waals surface area contributed by atoms with E-state index in [-0.39, 0.29) is 10.8 Å². The topological polar surface area (TPSA) is 64.6 Å². The minimum Gasteiger partial charge on any atom is -0.496 e. The van der Waals surface area contributed by atoms with Crippen molar-refractivity contribution < 1.29 is 17.9 Å². The van der Waals surface area contributed by atoms with Gasteiger partial charge in [-0.2, -0.15) is 0 Å². The Morgan fingerprint density at radius 3 is 2.22 bits per heavy atom. The van der Waals surface area contributed by atoms with Gasteiger partial charge >= 0.3 is 0 Å². The van der Waals surface area contributed by atoms with Gasteiger partial charge in [-0.1, -0.05) is 36.8 Å². The van der Waals surface area contributed by atoms with Crippen molar-refractivity contribution in [1.29, 1.82) is 0 Å². The van der Waals surface area contributed by atoms with Crippen molar-refractivity contribution in [3.8, 4) is 11.5 Å². The van der Waals surface area contributed by atoms with Crippen LogP contribution in [0.4, 0.5) is 0 Å². The Morgan fingerprint density at radius 1 is 1.00 bits per heavy atom. The van der Waals surface area contributed by atoms with Gasteiger partial charge < -0.3 is 9.47 Å². The highest BCUT2D eigenvalue weighted by molar-refractivity contribution is 7.89. The van der Waals surface area contributed by atoms with Gasteiger partial charge in [-0.05, 0) is 43.5 Å². The predicted molar refractivity (Wildman–Crippen MR) is 107 cm³/mol. The van der Waals surface area contributed by atoms with E-state index in [0.717, 1.165) is 23.1 Å². The molecule has 0 amide bonds. The fourth-order valence-electron chi connectivity index (χ4n) is 3.46. The molecule has 1 aliphatic rings. The summed E-state index contributed by atoms with van der Waals surface area (Å²) in [6.07, 6.45) is 4.81. The molecule has 0 bridgehead atoms. The molecule has 3 rings (SSSR count). The summed E-state index contributed by atoms with van der Waals surface area (Å²) in [7, 11) is -0.493. The maximum absolute atomic E-state index is 13.0. The highest BCUT2D eigenvalue weighted by atomic mass is 32.2. The fourth-order valence-corrected chi connectivity index (χ4v) is 4.72. The molecule has 0 heterocycles. The fraction of sp³-hybridized carbons (Fsp3) is 0.333. The molecule has 0 saturated carbocycles. The first kappa shape index (κ1) is 19.5. The van der Waals surface area contributed by atoms with Gasteiger partial charge in [0.1, 0.15) is 11.5 Å². The quantitative estimate of drug-likeness (QED) is 0.811. The number of hydrogen-bond donors (Lipinski definition) is 1. The van der Waals surface area contributed by atoms with E-state index < -0.39 is 16.1 Å². The van der Waals surface area contributed by atoms with E-state index in [1.807, 2.05) is 38.1 Å². The monoisotopic (exact) mass is 387 g/mol. The zero-order valence-corrected chi connectivity index (χ0v) is 16.8. The van der Waals surface area contributed by atoms with Crippen molar-refractivity contribution >= 4 is 16.1 Å². The molecule has 0 spiro atoms. The van der Waals surface area contributed by atoms with Crippen LogP contribution >= 0.6 is 0 Å². The first-order valence-electron chi connectivity index (χ1n) is 8.93. The molecule has 5 nitrogen and oxygen atoms in total. The standard InChI is InChI=1S/C21H25NO4S/c1-5-15-8-11-17-18(25-3)12-13-19(26-4)20(17)21(15)22-27(23,24)16-9-6-14(2)7-10-16/h6-13,15,21-22H,5H2,1-4H3/t15-,21-/m0/s1. The average molecular weight is 388 g/mol. The van der Waals surface area contributed by atoms with E-state index in [9.17, 15) is 8.42 Å². The number of sulfonamides is 1. The lowest BCUT2D eigenvalue weighted by Gasteiger charge is -2.32. The smallest absolute Gasteiger partial charge is 0.241 e. The van der Waals surface area contributed by atoms with Crippen molar-refractivity contribution in [2.45, 2.75) is 31.2 Å². The van der Waals surface area contributed by atoms with Crippen molar-refractivity contribution in [2.24, 2.45) is 5.92 Å². The van der Waals surface area contributed by atoms with Gasteiger partial charge in [0.15, 0.2) is 0 Å². The minimum absolute atomic E-state index is 0.0127. The van der Waals surface area contributed by atoms with Crippen LogP contribution < -0.4 is 14.2 Å². The number of hydrogen-bond acceptors (Lipinski definition) is 4. The summed E-state index contributed by atoms with van der Waals surface area (Å²) in [4.78, 5) is 0.251. The Kier molecular flexibility index (Phi) is 5.58. The second kappa shape index (κ2) is 7.74. The lowest BCUT2D eigenvalue weighted by atomic mass is 9.83. The molecule has 1 N–H and O–H groups in total. The maximum atomic E-state index is 13.0. The second-order valence-electron chi connectivity index (χ2n) is 6.64. The van der Waals surface area contributed by atoms with Crippen molar-refractivity contribution in [3.05, 3.63) is 59.2 Å². The van der Waals surface area contributed by atoms with Crippen LogP contribution in [0.2, 0.25) is 0 Å². The maximum Gasteiger partial charge on any atom is 0.241 e. The van der Waals surface area contributed by atoms with E-state index >= 15 is 0 Å². The largest absolute Gasteiger partial charge is 0.496 e. The molecule has 0 fully saturated rings. The molecular formula is C21H25NO4S. The van der Waals surface area contributed by atoms with Gasteiger partial charge in [0.05, 0.1) is 25.2 Å². The second-order valence-corrected chi connectivity index (χ2v) is 8.35. The Hall–Kier alpha value is -2.31. The average Bonchev–Trinajstić information content (AvgIpc) is 2.67. The van der Waals surface area contributed by atoms with E-state index in [1.54, 1.807) is 38.5 Å². The normalized spacial score (nSPS) is 18.8. The SMILES string of the molecule is CC[C@H]1C=Cc2c(OC)ccc(OC)c2[C@H]1NS(=O)(=O)c1ccc(C)cc1. The molecule has 2 aromatic rings. The number of ether oxygens (including phenoxy) is 2. The molecule has 1 aliphatic carbocycles. The van der Waals surface area contributed by atoms with Crippen LogP contribution in [0, 0.1) is 12.8 Å². The van der Waals surface area contributed by atoms with Crippen molar-refractivity contribution in [2.75, 3.05) is 14.2 Å². The Morgan fingerprint density at radius 2 is 1.63 bits per heavy atom. The predicted octanol–water partition coefficient (Wildman–Crippen LogP) is 4.08. The third-order valence-corrected chi connectivity index (χ3v) is 6.44. The summed E-state index contributed by atoms with van der Waals surface area (Å²) in [5.41, 5.74) is 2.66. The molecule has 144 valence electrons. The molecule has 0 radical (unpaired) electrons. The molecule has 2 aromatic carbocycles. The van der Waals surface area contributed by atoms with E-state index in [2.05, 4.69) is 4.72 Å². The number of benzene rings is 2. The summed E-state index contributed by atoms with van der Waals surface area (Å²) in [5, 5.41) is 0. The molecule has 2 atom stereocenters. The zero-order chi connectivity index (χ0) is 19.6. The summed E-state index contributed by atoms with van der Waals surface area (Å²) in [6.45, 7) is 3.97. The van der Waals surface area contributed by atoms with Gasteiger partial charge in [0, 0.05) is 11.1 Å². The van der Waals surface area contributed by atoms with Gasteiger partial charge in [-0.15, -0.1) is 0 Å². The van der Waals surface area contributed by atoms with Crippen LogP contribution in [-0.2, 0) is 10.0 Å². The molecular weight excluding hydrogens is 362 g/mol. The van der Waals surface area contributed by atoms with Crippen molar-refractivity contribution in [3.63, 3.8) is 0 Å². The first-order chi connectivity index (χ1) is 12.9. The molecule has 0 saturated heterocycles. The third-order valence-electron chi connectivity index (χ3n) is 4.98. The number of aryl methyl sites for hydroxylation is 1. The van der Waals surface area contributed by atoms with E-state index in [0.29, 0.717) is 11.5 Å². The highest BCUT2D eigenvalue weighted by Crippen LogP contribution is 2.44. The summed E-state index contributed by atoms with van der Waals surface area (Å²) >= 11 is 0. The number of methoxy groups -OCH3 is 2. The van der Waals surface area contributed by atoms with Crippen LogP contribution in [0.15, 0.2) is 47.4 Å². The first-order valence-corrected chi connectivity index (χ1v) is 10.4. The lowest BCUT2D eigenvalue weighted by Crippen LogP contribution is -2.34. The minimum atomic E-state index is -3.69. The Bertz CT molecular complexity index is 949. The summed E-state index contributed by atoms with van der Waals surface area (Å²) < 4.78 is 40.0. The van der Waals surface area contributed by atoms with Crippen LogP contribution in [0.1, 0.15) is 36.1 Å². The summed E-state index contributed by atoms with van der Waals surface area (Å²) in [5.74, 6) is 1.35. The Labute approximate surface area is 161 Å².